The molecule has 0 amide bonds. The van der Waals surface area contributed by atoms with E-state index >= 15 is 0 Å². The molecule has 0 spiro atoms. The van der Waals surface area contributed by atoms with Crippen LogP contribution in [0, 0.1) is 89.8 Å². The maximum atomic E-state index is 10.1. The first-order valence-corrected chi connectivity index (χ1v) is 16.3. The fourth-order valence-electron chi connectivity index (χ4n) is 11.9. The molecule has 8 rings (SSSR count). The van der Waals surface area contributed by atoms with Crippen LogP contribution >= 0.6 is 0 Å². The Morgan fingerprint density at radius 3 is 1.64 bits per heavy atom. The number of carboxylic acid groups (broad SMARTS) is 1. The maximum absolute atomic E-state index is 10.1. The number of aliphatic hydroxyl groups excluding tert-OH is 3. The summed E-state index contributed by atoms with van der Waals surface area (Å²) in [6, 6.07) is 0. The summed E-state index contributed by atoms with van der Waals surface area (Å²) in [5, 5.41) is 46.2. The van der Waals surface area contributed by atoms with Gasteiger partial charge in [0.2, 0.25) is 0 Å². The summed E-state index contributed by atoms with van der Waals surface area (Å²) in [5.74, 6) is 11.7. The number of hydrogen-bond acceptors (Lipinski definition) is 6. The number of aliphatic hydroxyl groups is 4. The molecule has 15 atom stereocenters. The summed E-state index contributed by atoms with van der Waals surface area (Å²) in [4.78, 5) is 9.19. The number of fused-ring (bicyclic) bond motifs is 18. The Labute approximate surface area is 276 Å². The monoisotopic (exact) mass is 568 g/mol. The van der Waals surface area contributed by atoms with Gasteiger partial charge in [0.1, 0.15) is 0 Å². The molecule has 0 aromatic heterocycles. The van der Waals surface area contributed by atoms with Crippen LogP contribution in [0.15, 0.2) is 24.3 Å². The minimum atomic E-state index is -1.27. The minimum absolute atomic E-state index is 0. The van der Waals surface area contributed by atoms with Gasteiger partial charge in [0.05, 0.1) is 6.10 Å². The summed E-state index contributed by atoms with van der Waals surface area (Å²) in [6.45, 7) is 3.44. The molecular formula is C34H50Li2O6. The molecule has 8 bridgehead atoms. The molecular weight excluding hydrogens is 518 g/mol. The Bertz CT molecular complexity index is 972. The molecule has 6 saturated carbocycles. The van der Waals surface area contributed by atoms with E-state index in [2.05, 4.69) is 31.2 Å². The predicted octanol–water partition coefficient (Wildman–Crippen LogP) is -2.65. The number of carboxylic acids is 1. The first kappa shape index (κ1) is 34.9. The van der Waals surface area contributed by atoms with Gasteiger partial charge >= 0.3 is 37.7 Å². The number of carbonyl (C=O) groups is 1. The first-order chi connectivity index (χ1) is 19.3. The smallest absolute Gasteiger partial charge is 0.553 e. The second-order valence-corrected chi connectivity index (χ2v) is 14.6. The zero-order valence-electron chi connectivity index (χ0n) is 25.8. The van der Waals surface area contributed by atoms with Gasteiger partial charge in [0.25, 0.3) is 0 Å². The molecule has 8 aliphatic rings. The van der Waals surface area contributed by atoms with Crippen molar-refractivity contribution < 1.29 is 68.0 Å². The van der Waals surface area contributed by atoms with Crippen molar-refractivity contribution in [2.75, 3.05) is 6.61 Å². The predicted molar refractivity (Wildman–Crippen MR) is 150 cm³/mol. The van der Waals surface area contributed by atoms with E-state index in [0.29, 0.717) is 25.4 Å². The SMILES string of the molecule is OC(O)CCC(O)CC1CC2CC1C1C3C=CC(C3)C21.OCCC1CC2CC1C1C3C=CC(C3)C21.[CH2-]CC(=O)[O-].[Li+].[Li+]. The van der Waals surface area contributed by atoms with E-state index < -0.39 is 12.3 Å². The molecule has 6 fully saturated rings. The zero-order chi connectivity index (χ0) is 28.1. The van der Waals surface area contributed by atoms with Crippen molar-refractivity contribution in [1.29, 1.82) is 0 Å². The van der Waals surface area contributed by atoms with Crippen LogP contribution in [0.25, 0.3) is 0 Å². The third-order valence-electron chi connectivity index (χ3n) is 12.9. The third-order valence-corrected chi connectivity index (χ3v) is 12.9. The molecule has 15 unspecified atom stereocenters. The van der Waals surface area contributed by atoms with Gasteiger partial charge in [-0.1, -0.05) is 24.3 Å². The average Bonchev–Trinajstić information content (AvgIpc) is 3.76. The standard InChI is InChI=1S/C17H26O3.C14H20O.C3H5O2.2Li/c18-13(3-4-15(19)20)7-11-6-12-8-14(11)17-10-2-1-9(5-10)16(12)17;15-4-3-8-5-11-7-12(8)14-10-2-1-9(6-10)13(11)14;1-2-3(4)5;;/h1-2,9-20H,3-8H2;1-2,8-15H,3-7H2;1-2H2,(H,4,5);;/q;;-1;2*+1/p-1. The summed E-state index contributed by atoms with van der Waals surface area (Å²) >= 11 is 0. The second kappa shape index (κ2) is 14.6. The first-order valence-electron chi connectivity index (χ1n) is 16.3. The zero-order valence-corrected chi connectivity index (χ0v) is 25.8. The molecule has 0 radical (unpaired) electrons. The van der Waals surface area contributed by atoms with Crippen molar-refractivity contribution in [2.45, 2.75) is 83.0 Å². The van der Waals surface area contributed by atoms with Crippen molar-refractivity contribution in [3.63, 3.8) is 0 Å². The van der Waals surface area contributed by atoms with Crippen molar-refractivity contribution in [3.8, 4) is 0 Å². The van der Waals surface area contributed by atoms with E-state index in [1.807, 2.05) is 0 Å². The molecule has 8 heteroatoms. The van der Waals surface area contributed by atoms with E-state index in [-0.39, 0.29) is 50.2 Å². The maximum Gasteiger partial charge on any atom is 1.00 e. The third kappa shape index (κ3) is 6.60. The van der Waals surface area contributed by atoms with Crippen LogP contribution in [0.4, 0.5) is 0 Å². The molecule has 0 aromatic carbocycles. The number of rotatable bonds is 8. The number of aliphatic carboxylic acids is 1. The van der Waals surface area contributed by atoms with Gasteiger partial charge in [-0.15, -0.1) is 6.42 Å². The van der Waals surface area contributed by atoms with Crippen molar-refractivity contribution in [2.24, 2.45) is 82.9 Å². The number of carbonyl (C=O) groups excluding carboxylic acids is 1. The molecule has 42 heavy (non-hydrogen) atoms. The quantitative estimate of drug-likeness (QED) is 0.0836. The van der Waals surface area contributed by atoms with Gasteiger partial charge in [-0.05, 0) is 141 Å². The topological polar surface area (TPSA) is 121 Å². The van der Waals surface area contributed by atoms with Crippen molar-refractivity contribution in [3.05, 3.63) is 31.2 Å². The van der Waals surface area contributed by atoms with Crippen molar-refractivity contribution >= 4 is 5.97 Å². The average molecular weight is 569 g/mol. The molecule has 6 nitrogen and oxygen atoms in total. The van der Waals surface area contributed by atoms with Crippen LogP contribution in [-0.2, 0) is 4.79 Å². The molecule has 0 aromatic rings. The van der Waals surface area contributed by atoms with E-state index in [4.69, 9.17) is 15.3 Å². The fraction of sp³-hybridized carbons (Fsp3) is 0.824. The number of allylic oxidation sites excluding steroid dienone is 4. The summed E-state index contributed by atoms with van der Waals surface area (Å²) in [7, 11) is 0. The van der Waals surface area contributed by atoms with Crippen LogP contribution < -0.4 is 42.8 Å². The van der Waals surface area contributed by atoms with Gasteiger partial charge < -0.3 is 37.3 Å². The fourth-order valence-corrected chi connectivity index (χ4v) is 11.9. The largest absolute Gasteiger partial charge is 1.00 e. The number of hydrogen-bond donors (Lipinski definition) is 4. The van der Waals surface area contributed by atoms with Gasteiger partial charge in [0.15, 0.2) is 6.29 Å². The van der Waals surface area contributed by atoms with E-state index in [0.717, 1.165) is 89.8 Å². The second-order valence-electron chi connectivity index (χ2n) is 14.6. The van der Waals surface area contributed by atoms with E-state index in [1.165, 1.54) is 38.5 Å². The van der Waals surface area contributed by atoms with Gasteiger partial charge in [-0.3, -0.25) is 0 Å². The molecule has 4 N–H and O–H groups in total. The Kier molecular flexibility index (Phi) is 12.1. The van der Waals surface area contributed by atoms with Gasteiger partial charge in [-0.25, -0.2) is 0 Å². The molecule has 224 valence electrons. The van der Waals surface area contributed by atoms with Crippen LogP contribution in [0.5, 0.6) is 0 Å². The summed E-state index contributed by atoms with van der Waals surface area (Å²) < 4.78 is 0. The Morgan fingerprint density at radius 2 is 1.19 bits per heavy atom. The van der Waals surface area contributed by atoms with Gasteiger partial charge in [-0.2, -0.15) is 0 Å². The van der Waals surface area contributed by atoms with Crippen LogP contribution in [0.3, 0.4) is 0 Å². The molecule has 0 saturated heterocycles. The molecule has 0 aliphatic heterocycles. The van der Waals surface area contributed by atoms with Gasteiger partial charge in [0, 0.05) is 19.0 Å². The Hall–Kier alpha value is -0.0152. The molecule has 0 heterocycles. The van der Waals surface area contributed by atoms with Crippen LogP contribution in [0.1, 0.15) is 70.6 Å². The van der Waals surface area contributed by atoms with Crippen molar-refractivity contribution in [1.82, 2.24) is 0 Å². The molecule has 8 aliphatic carbocycles. The Balaban J connectivity index is 0.000000164. The Morgan fingerprint density at radius 1 is 0.738 bits per heavy atom. The van der Waals surface area contributed by atoms with Crippen LogP contribution in [-0.4, -0.2) is 45.4 Å². The summed E-state index contributed by atoms with van der Waals surface area (Å²) in [5.41, 5.74) is 0. The minimum Gasteiger partial charge on any atom is -0.553 e. The normalized spacial score (nSPS) is 45.5. The van der Waals surface area contributed by atoms with E-state index in [9.17, 15) is 15.0 Å². The summed E-state index contributed by atoms with van der Waals surface area (Å²) in [6.07, 6.45) is 19.4. The van der Waals surface area contributed by atoms with E-state index in [1.54, 1.807) is 0 Å². The van der Waals surface area contributed by atoms with Crippen LogP contribution in [0.2, 0.25) is 0 Å².